The van der Waals surface area contributed by atoms with Gasteiger partial charge in [0.05, 0.1) is 12.0 Å². The van der Waals surface area contributed by atoms with Crippen molar-refractivity contribution in [2.75, 3.05) is 12.4 Å². The van der Waals surface area contributed by atoms with Crippen molar-refractivity contribution in [3.63, 3.8) is 0 Å². The van der Waals surface area contributed by atoms with Crippen LogP contribution in [0.2, 0.25) is 0 Å². The molecule has 0 radical (unpaired) electrons. The Kier molecular flexibility index (Phi) is 6.57. The number of rotatable bonds is 7. The fourth-order valence-corrected chi connectivity index (χ4v) is 3.64. The van der Waals surface area contributed by atoms with Crippen LogP contribution in [0.5, 0.6) is 5.75 Å². The summed E-state index contributed by atoms with van der Waals surface area (Å²) in [6.45, 7) is 1.74. The van der Waals surface area contributed by atoms with E-state index in [1.54, 1.807) is 50.4 Å². The number of ether oxygens (including phenoxy) is 1. The zero-order valence-corrected chi connectivity index (χ0v) is 16.2. The number of halogens is 1. The first-order chi connectivity index (χ1) is 11.9. The SMILES string of the molecule is CCC(NS(=O)(=O)c1ccc(Br)cc1)C(=O)Nc1ccc(OC)cc1. The van der Waals surface area contributed by atoms with Gasteiger partial charge in [0.25, 0.3) is 0 Å². The first-order valence-corrected chi connectivity index (χ1v) is 9.86. The maximum absolute atomic E-state index is 12.4. The van der Waals surface area contributed by atoms with Gasteiger partial charge in [-0.1, -0.05) is 22.9 Å². The highest BCUT2D eigenvalue weighted by Crippen LogP contribution is 2.17. The van der Waals surface area contributed by atoms with Gasteiger partial charge in [0.15, 0.2) is 0 Å². The lowest BCUT2D eigenvalue weighted by atomic mass is 10.2. The Morgan fingerprint density at radius 3 is 2.24 bits per heavy atom. The Morgan fingerprint density at radius 2 is 1.72 bits per heavy atom. The third kappa shape index (κ3) is 5.29. The van der Waals surface area contributed by atoms with Crippen LogP contribution in [0.3, 0.4) is 0 Å². The molecule has 1 unspecified atom stereocenters. The molecular formula is C17H19BrN2O4S. The summed E-state index contributed by atoms with van der Waals surface area (Å²) in [6, 6.07) is 12.1. The Hall–Kier alpha value is -1.90. The summed E-state index contributed by atoms with van der Waals surface area (Å²) in [5.74, 6) is 0.245. The van der Waals surface area contributed by atoms with Crippen LogP contribution in [0, 0.1) is 0 Å². The van der Waals surface area contributed by atoms with Gasteiger partial charge in [0, 0.05) is 10.2 Å². The van der Waals surface area contributed by atoms with Crippen molar-refractivity contribution in [3.8, 4) is 5.75 Å². The minimum absolute atomic E-state index is 0.103. The smallest absolute Gasteiger partial charge is 0.242 e. The number of anilines is 1. The highest BCUT2D eigenvalue weighted by Gasteiger charge is 2.24. The zero-order chi connectivity index (χ0) is 18.4. The van der Waals surface area contributed by atoms with Crippen molar-refractivity contribution in [1.29, 1.82) is 0 Å². The van der Waals surface area contributed by atoms with Crippen molar-refractivity contribution in [1.82, 2.24) is 4.72 Å². The molecule has 0 aliphatic rings. The third-order valence-corrected chi connectivity index (χ3v) is 5.52. The molecule has 0 aliphatic carbocycles. The molecular weight excluding hydrogens is 408 g/mol. The van der Waals surface area contributed by atoms with Gasteiger partial charge in [-0.2, -0.15) is 4.72 Å². The maximum Gasteiger partial charge on any atom is 0.242 e. The molecule has 0 heterocycles. The average molecular weight is 427 g/mol. The van der Waals surface area contributed by atoms with Gasteiger partial charge in [-0.25, -0.2) is 8.42 Å². The van der Waals surface area contributed by atoms with Crippen LogP contribution >= 0.6 is 15.9 Å². The van der Waals surface area contributed by atoms with Crippen molar-refractivity contribution >= 4 is 37.5 Å². The molecule has 0 spiro atoms. The number of amides is 1. The molecule has 2 aromatic rings. The Bertz CT molecular complexity index is 821. The van der Waals surface area contributed by atoms with Crippen LogP contribution in [0.15, 0.2) is 57.9 Å². The van der Waals surface area contributed by atoms with Gasteiger partial charge in [-0.3, -0.25) is 4.79 Å². The van der Waals surface area contributed by atoms with Crippen LogP contribution in [-0.4, -0.2) is 27.5 Å². The van der Waals surface area contributed by atoms with Crippen LogP contribution < -0.4 is 14.8 Å². The van der Waals surface area contributed by atoms with Crippen LogP contribution in [-0.2, 0) is 14.8 Å². The van der Waals surface area contributed by atoms with E-state index in [0.717, 1.165) is 4.47 Å². The minimum atomic E-state index is -3.79. The largest absolute Gasteiger partial charge is 0.497 e. The maximum atomic E-state index is 12.4. The van der Waals surface area contributed by atoms with Gasteiger partial charge in [0.1, 0.15) is 11.8 Å². The molecule has 2 N–H and O–H groups in total. The van der Waals surface area contributed by atoms with Gasteiger partial charge in [0.2, 0.25) is 15.9 Å². The lowest BCUT2D eigenvalue weighted by molar-refractivity contribution is -0.117. The number of sulfonamides is 1. The van der Waals surface area contributed by atoms with Crippen LogP contribution in [0.1, 0.15) is 13.3 Å². The highest BCUT2D eigenvalue weighted by molar-refractivity contribution is 9.10. The second kappa shape index (κ2) is 8.46. The first-order valence-electron chi connectivity index (χ1n) is 7.58. The molecule has 25 heavy (non-hydrogen) atoms. The summed E-state index contributed by atoms with van der Waals surface area (Å²) in [6.07, 6.45) is 0.317. The standard InChI is InChI=1S/C17H19BrN2O4S/c1-3-16(17(21)19-13-6-8-14(24-2)9-7-13)20-25(22,23)15-10-4-12(18)5-11-15/h4-11,16,20H,3H2,1-2H3,(H,19,21). The van der Waals surface area contributed by atoms with Crippen LogP contribution in [0.4, 0.5) is 5.69 Å². The highest BCUT2D eigenvalue weighted by atomic mass is 79.9. The molecule has 134 valence electrons. The monoisotopic (exact) mass is 426 g/mol. The number of benzene rings is 2. The molecule has 2 rings (SSSR count). The predicted octanol–water partition coefficient (Wildman–Crippen LogP) is 3.15. The molecule has 0 aromatic heterocycles. The van der Waals surface area contributed by atoms with E-state index in [4.69, 9.17) is 4.74 Å². The van der Waals surface area contributed by atoms with Crippen molar-refractivity contribution < 1.29 is 17.9 Å². The number of carbonyl (C=O) groups excluding carboxylic acids is 1. The fraction of sp³-hybridized carbons (Fsp3) is 0.235. The number of nitrogens with one attached hydrogen (secondary N) is 2. The summed E-state index contributed by atoms with van der Waals surface area (Å²) in [5, 5.41) is 2.70. The molecule has 0 saturated carbocycles. The number of methoxy groups -OCH3 is 1. The van der Waals surface area contributed by atoms with E-state index in [1.807, 2.05) is 0 Å². The van der Waals surface area contributed by atoms with Crippen LogP contribution in [0.25, 0.3) is 0 Å². The Morgan fingerprint density at radius 1 is 1.12 bits per heavy atom. The predicted molar refractivity (Wildman–Crippen MR) is 100 cm³/mol. The third-order valence-electron chi connectivity index (χ3n) is 3.50. The van der Waals surface area contributed by atoms with Gasteiger partial charge < -0.3 is 10.1 Å². The number of hydrogen-bond acceptors (Lipinski definition) is 4. The summed E-state index contributed by atoms with van der Waals surface area (Å²) in [7, 11) is -2.23. The molecule has 0 aliphatic heterocycles. The first kappa shape index (κ1) is 19.4. The van der Waals surface area contributed by atoms with Gasteiger partial charge in [-0.05, 0) is 55.0 Å². The van der Waals surface area contributed by atoms with E-state index in [9.17, 15) is 13.2 Å². The molecule has 0 bridgehead atoms. The topological polar surface area (TPSA) is 84.5 Å². The van der Waals surface area contributed by atoms with Crippen molar-refractivity contribution in [2.45, 2.75) is 24.3 Å². The molecule has 0 fully saturated rings. The van der Waals surface area contributed by atoms with E-state index in [1.165, 1.54) is 12.1 Å². The Balaban J connectivity index is 2.09. The molecule has 6 nitrogen and oxygen atoms in total. The lowest BCUT2D eigenvalue weighted by Gasteiger charge is -2.17. The number of carbonyl (C=O) groups is 1. The summed E-state index contributed by atoms with van der Waals surface area (Å²) < 4.78 is 33.1. The van der Waals surface area contributed by atoms with E-state index in [0.29, 0.717) is 17.9 Å². The normalized spacial score (nSPS) is 12.4. The van der Waals surface area contributed by atoms with Gasteiger partial charge in [-0.15, -0.1) is 0 Å². The second-order valence-corrected chi connectivity index (χ2v) is 7.88. The molecule has 0 saturated heterocycles. The minimum Gasteiger partial charge on any atom is -0.497 e. The van der Waals surface area contributed by atoms with Gasteiger partial charge >= 0.3 is 0 Å². The van der Waals surface area contributed by atoms with E-state index >= 15 is 0 Å². The lowest BCUT2D eigenvalue weighted by Crippen LogP contribution is -2.43. The summed E-state index contributed by atoms with van der Waals surface area (Å²) in [4.78, 5) is 12.5. The van der Waals surface area contributed by atoms with E-state index in [2.05, 4.69) is 26.0 Å². The summed E-state index contributed by atoms with van der Waals surface area (Å²) in [5.41, 5.74) is 0.562. The summed E-state index contributed by atoms with van der Waals surface area (Å²) >= 11 is 3.26. The second-order valence-electron chi connectivity index (χ2n) is 5.25. The zero-order valence-electron chi connectivity index (χ0n) is 13.8. The van der Waals surface area contributed by atoms with Crippen molar-refractivity contribution in [3.05, 3.63) is 53.0 Å². The van der Waals surface area contributed by atoms with E-state index < -0.39 is 22.0 Å². The Labute approximate surface area is 155 Å². The quantitative estimate of drug-likeness (QED) is 0.711. The van der Waals surface area contributed by atoms with E-state index in [-0.39, 0.29) is 4.90 Å². The number of hydrogen-bond donors (Lipinski definition) is 2. The van der Waals surface area contributed by atoms with Crippen molar-refractivity contribution in [2.24, 2.45) is 0 Å². The molecule has 2 aromatic carbocycles. The molecule has 1 amide bonds. The molecule has 1 atom stereocenters. The average Bonchev–Trinajstić information content (AvgIpc) is 2.60. The fourth-order valence-electron chi connectivity index (χ4n) is 2.10. The molecule has 8 heteroatoms.